The summed E-state index contributed by atoms with van der Waals surface area (Å²) >= 11 is 0. The lowest BCUT2D eigenvalue weighted by atomic mass is 10.1. The Hall–Kier alpha value is -2.12. The van der Waals surface area contributed by atoms with Crippen molar-refractivity contribution in [3.05, 3.63) is 29.6 Å². The lowest BCUT2D eigenvalue weighted by molar-refractivity contribution is -0.141. The van der Waals surface area contributed by atoms with Crippen molar-refractivity contribution in [2.75, 3.05) is 6.54 Å². The molecule has 0 aliphatic rings. The summed E-state index contributed by atoms with van der Waals surface area (Å²) in [6.45, 7) is 2.02. The maximum Gasteiger partial charge on any atom is 0.433 e. The number of nitrogens with one attached hydrogen (secondary N) is 1. The summed E-state index contributed by atoms with van der Waals surface area (Å²) < 4.78 is 36.9. The third kappa shape index (κ3) is 5.80. The van der Waals surface area contributed by atoms with Crippen molar-refractivity contribution in [1.82, 2.24) is 10.3 Å². The van der Waals surface area contributed by atoms with E-state index >= 15 is 0 Å². The first kappa shape index (κ1) is 16.9. The van der Waals surface area contributed by atoms with Crippen molar-refractivity contribution < 1.29 is 27.9 Å². The van der Waals surface area contributed by atoms with Crippen molar-refractivity contribution in [3.63, 3.8) is 0 Å². The van der Waals surface area contributed by atoms with E-state index in [4.69, 9.17) is 5.11 Å². The van der Waals surface area contributed by atoms with Crippen LogP contribution in [0.5, 0.6) is 0 Å². The molecular weight excluding hydrogens is 289 g/mol. The van der Waals surface area contributed by atoms with Gasteiger partial charge in [-0.3, -0.25) is 14.6 Å². The molecule has 2 N–H and O–H groups in total. The molecule has 8 heteroatoms. The number of halogens is 3. The van der Waals surface area contributed by atoms with Gasteiger partial charge in [0.1, 0.15) is 5.69 Å². The van der Waals surface area contributed by atoms with Gasteiger partial charge in [0, 0.05) is 19.2 Å². The first-order valence-corrected chi connectivity index (χ1v) is 6.23. The van der Waals surface area contributed by atoms with Crippen molar-refractivity contribution in [2.24, 2.45) is 5.92 Å². The van der Waals surface area contributed by atoms with Gasteiger partial charge in [0.25, 0.3) is 5.91 Å². The predicted octanol–water partition coefficient (Wildman–Crippen LogP) is 2.33. The SMILES string of the molecule is CC(CCC(=O)O)CNC(=O)c1ccc(C(F)(F)F)nc1. The van der Waals surface area contributed by atoms with Gasteiger partial charge < -0.3 is 10.4 Å². The molecule has 1 rings (SSSR count). The number of alkyl halides is 3. The highest BCUT2D eigenvalue weighted by atomic mass is 19.4. The average Bonchev–Trinajstić information content (AvgIpc) is 2.41. The summed E-state index contributed by atoms with van der Waals surface area (Å²) in [6.07, 6.45) is -3.28. The van der Waals surface area contributed by atoms with E-state index in [1.165, 1.54) is 0 Å². The Morgan fingerprint density at radius 1 is 1.38 bits per heavy atom. The summed E-state index contributed by atoms with van der Waals surface area (Å²) in [5.74, 6) is -1.51. The fourth-order valence-electron chi connectivity index (χ4n) is 1.54. The Morgan fingerprint density at radius 2 is 2.05 bits per heavy atom. The molecule has 0 aliphatic carbocycles. The molecule has 0 saturated heterocycles. The molecule has 0 radical (unpaired) electrons. The third-order valence-corrected chi connectivity index (χ3v) is 2.78. The van der Waals surface area contributed by atoms with Gasteiger partial charge in [-0.1, -0.05) is 6.92 Å². The zero-order valence-corrected chi connectivity index (χ0v) is 11.3. The number of aliphatic carboxylic acids is 1. The number of amides is 1. The van der Waals surface area contributed by atoms with Gasteiger partial charge in [-0.25, -0.2) is 0 Å². The number of pyridine rings is 1. The van der Waals surface area contributed by atoms with E-state index in [9.17, 15) is 22.8 Å². The van der Waals surface area contributed by atoms with Crippen LogP contribution in [0.15, 0.2) is 18.3 Å². The normalized spacial score (nSPS) is 12.8. The molecule has 21 heavy (non-hydrogen) atoms. The Kier molecular flexibility index (Phi) is 5.69. The largest absolute Gasteiger partial charge is 0.481 e. The van der Waals surface area contributed by atoms with E-state index in [0.29, 0.717) is 6.42 Å². The fourth-order valence-corrected chi connectivity index (χ4v) is 1.54. The summed E-state index contributed by atoms with van der Waals surface area (Å²) in [4.78, 5) is 25.3. The maximum atomic E-state index is 12.3. The molecule has 0 aliphatic heterocycles. The zero-order chi connectivity index (χ0) is 16.0. The van der Waals surface area contributed by atoms with Crippen LogP contribution in [-0.2, 0) is 11.0 Å². The van der Waals surface area contributed by atoms with Gasteiger partial charge in [-0.2, -0.15) is 13.2 Å². The standard InChI is InChI=1S/C13H15F3N2O3/c1-8(2-5-11(19)20)6-18-12(21)9-3-4-10(17-7-9)13(14,15)16/h3-4,7-8H,2,5-6H2,1H3,(H,18,21)(H,19,20). The van der Waals surface area contributed by atoms with Crippen molar-refractivity contribution >= 4 is 11.9 Å². The quantitative estimate of drug-likeness (QED) is 0.845. The van der Waals surface area contributed by atoms with Gasteiger partial charge in [0.15, 0.2) is 0 Å². The van der Waals surface area contributed by atoms with Crippen molar-refractivity contribution in [1.29, 1.82) is 0 Å². The fraction of sp³-hybridized carbons (Fsp3) is 0.462. The number of nitrogens with zero attached hydrogens (tertiary/aromatic N) is 1. The monoisotopic (exact) mass is 304 g/mol. The minimum Gasteiger partial charge on any atom is -0.481 e. The molecule has 1 amide bonds. The molecule has 1 unspecified atom stereocenters. The average molecular weight is 304 g/mol. The van der Waals surface area contributed by atoms with E-state index in [2.05, 4.69) is 10.3 Å². The lowest BCUT2D eigenvalue weighted by Gasteiger charge is -2.11. The Balaban J connectivity index is 2.51. The van der Waals surface area contributed by atoms with Crippen LogP contribution < -0.4 is 5.32 Å². The number of rotatable bonds is 6. The van der Waals surface area contributed by atoms with Crippen LogP contribution in [0.3, 0.4) is 0 Å². The first-order valence-electron chi connectivity index (χ1n) is 6.23. The summed E-state index contributed by atoms with van der Waals surface area (Å²) in [7, 11) is 0. The Labute approximate surface area is 119 Å². The molecule has 1 heterocycles. The van der Waals surface area contributed by atoms with Gasteiger partial charge >= 0.3 is 12.1 Å². The van der Waals surface area contributed by atoms with Crippen molar-refractivity contribution in [3.8, 4) is 0 Å². The third-order valence-electron chi connectivity index (χ3n) is 2.78. The molecule has 0 fully saturated rings. The smallest absolute Gasteiger partial charge is 0.433 e. The molecule has 1 aromatic heterocycles. The molecule has 5 nitrogen and oxygen atoms in total. The molecule has 0 aromatic carbocycles. The minimum atomic E-state index is -4.54. The molecular formula is C13H15F3N2O3. The number of carbonyl (C=O) groups excluding carboxylic acids is 1. The van der Waals surface area contributed by atoms with Gasteiger partial charge in [-0.05, 0) is 24.5 Å². The molecule has 0 saturated carbocycles. The van der Waals surface area contributed by atoms with Crippen LogP contribution in [0.1, 0.15) is 35.8 Å². The molecule has 0 spiro atoms. The van der Waals surface area contributed by atoms with E-state index in [1.54, 1.807) is 6.92 Å². The number of aromatic nitrogens is 1. The lowest BCUT2D eigenvalue weighted by Crippen LogP contribution is -2.28. The second-order valence-corrected chi connectivity index (χ2v) is 4.68. The highest BCUT2D eigenvalue weighted by Gasteiger charge is 2.32. The first-order chi connectivity index (χ1) is 9.70. The number of hydrogen-bond donors (Lipinski definition) is 2. The Morgan fingerprint density at radius 3 is 2.52 bits per heavy atom. The zero-order valence-electron chi connectivity index (χ0n) is 11.3. The highest BCUT2D eigenvalue weighted by molar-refractivity contribution is 5.93. The van der Waals surface area contributed by atoms with Crippen LogP contribution in [0.2, 0.25) is 0 Å². The van der Waals surface area contributed by atoms with E-state index in [1.807, 2.05) is 0 Å². The second kappa shape index (κ2) is 7.05. The molecule has 116 valence electrons. The van der Waals surface area contributed by atoms with E-state index in [-0.39, 0.29) is 24.4 Å². The van der Waals surface area contributed by atoms with Crippen LogP contribution in [0.4, 0.5) is 13.2 Å². The summed E-state index contributed by atoms with van der Waals surface area (Å²) in [6, 6.07) is 1.79. The minimum absolute atomic E-state index is 0.00112. The number of carboxylic acid groups (broad SMARTS) is 1. The number of carbonyl (C=O) groups is 2. The van der Waals surface area contributed by atoms with E-state index < -0.39 is 23.7 Å². The van der Waals surface area contributed by atoms with Crippen LogP contribution in [0, 0.1) is 5.92 Å². The predicted molar refractivity (Wildman–Crippen MR) is 67.6 cm³/mol. The molecule has 1 atom stereocenters. The van der Waals surface area contributed by atoms with E-state index in [0.717, 1.165) is 18.3 Å². The van der Waals surface area contributed by atoms with Crippen molar-refractivity contribution in [2.45, 2.75) is 25.9 Å². The van der Waals surface area contributed by atoms with Gasteiger partial charge in [0.05, 0.1) is 5.56 Å². The summed E-state index contributed by atoms with van der Waals surface area (Å²) in [5, 5.41) is 11.0. The van der Waals surface area contributed by atoms with Crippen LogP contribution in [0.25, 0.3) is 0 Å². The Bertz CT molecular complexity index is 500. The number of carboxylic acids is 1. The van der Waals surface area contributed by atoms with Crippen LogP contribution >= 0.6 is 0 Å². The topological polar surface area (TPSA) is 79.3 Å². The highest BCUT2D eigenvalue weighted by Crippen LogP contribution is 2.27. The molecule has 1 aromatic rings. The second-order valence-electron chi connectivity index (χ2n) is 4.68. The van der Waals surface area contributed by atoms with Gasteiger partial charge in [-0.15, -0.1) is 0 Å². The van der Waals surface area contributed by atoms with Gasteiger partial charge in [0.2, 0.25) is 0 Å². The van der Waals surface area contributed by atoms with Crippen LogP contribution in [-0.4, -0.2) is 28.5 Å². The number of hydrogen-bond acceptors (Lipinski definition) is 3. The maximum absolute atomic E-state index is 12.3. The molecule has 0 bridgehead atoms. The summed E-state index contributed by atoms with van der Waals surface area (Å²) in [5.41, 5.74) is -1.04.